The van der Waals surface area contributed by atoms with E-state index in [1.165, 1.54) is 0 Å². The van der Waals surface area contributed by atoms with Crippen molar-refractivity contribution < 1.29 is 9.30 Å². The van der Waals surface area contributed by atoms with Crippen molar-refractivity contribution in [1.82, 2.24) is 4.57 Å². The maximum atomic E-state index is 5.42. The van der Waals surface area contributed by atoms with Gasteiger partial charge in [0.2, 0.25) is 0 Å². The topological polar surface area (TPSA) is 30.4 Å². The molecule has 0 saturated carbocycles. The Labute approximate surface area is 119 Å². The minimum atomic E-state index is 0.589. The Hall–Kier alpha value is -2.36. The number of aryl methyl sites for hydroxylation is 2. The Morgan fingerprint density at radius 1 is 1.40 bits per heavy atom. The third kappa shape index (κ3) is 2.96. The van der Waals surface area contributed by atoms with Crippen molar-refractivity contribution in [1.29, 1.82) is 0 Å². The van der Waals surface area contributed by atoms with E-state index >= 15 is 0 Å². The summed E-state index contributed by atoms with van der Waals surface area (Å²) in [6.45, 7) is 4.34. The molecule has 4 nitrogen and oxygen atoms in total. The molecular weight excluding hydrogens is 250 g/mol. The summed E-state index contributed by atoms with van der Waals surface area (Å²) in [5.74, 6) is 1.57. The van der Waals surface area contributed by atoms with Crippen LogP contribution >= 0.6 is 0 Å². The van der Waals surface area contributed by atoms with Crippen LogP contribution in [0.25, 0.3) is 6.08 Å². The van der Waals surface area contributed by atoms with Crippen molar-refractivity contribution in [2.24, 2.45) is 19.1 Å². The minimum Gasteiger partial charge on any atom is -0.475 e. The lowest BCUT2D eigenvalue weighted by molar-refractivity contribution is -0.672. The molecule has 0 amide bonds. The Kier molecular flexibility index (Phi) is 4.35. The predicted octanol–water partition coefficient (Wildman–Crippen LogP) is 2.09. The van der Waals surface area contributed by atoms with E-state index in [9.17, 15) is 0 Å². The number of hydrogen-bond acceptors (Lipinski definition) is 2. The second-order valence-corrected chi connectivity index (χ2v) is 4.61. The summed E-state index contributed by atoms with van der Waals surface area (Å²) < 4.78 is 9.39. The molecule has 2 rings (SSSR count). The molecule has 1 aromatic carbocycles. The number of imidazole rings is 1. The van der Waals surface area contributed by atoms with Gasteiger partial charge in [0.25, 0.3) is 0 Å². The van der Waals surface area contributed by atoms with Gasteiger partial charge in [-0.25, -0.2) is 14.1 Å². The van der Waals surface area contributed by atoms with Gasteiger partial charge in [0.15, 0.2) is 0 Å². The largest absolute Gasteiger partial charge is 0.475 e. The highest BCUT2D eigenvalue weighted by molar-refractivity contribution is 5.89. The lowest BCUT2D eigenvalue weighted by Gasteiger charge is -2.03. The summed E-state index contributed by atoms with van der Waals surface area (Å²) in [5.41, 5.74) is 2.25. The van der Waals surface area contributed by atoms with Crippen LogP contribution in [0.5, 0.6) is 0 Å². The van der Waals surface area contributed by atoms with Gasteiger partial charge >= 0.3 is 11.7 Å². The zero-order valence-corrected chi connectivity index (χ0v) is 12.2. The summed E-state index contributed by atoms with van der Waals surface area (Å²) in [7, 11) is 5.60. The van der Waals surface area contributed by atoms with Crippen molar-refractivity contribution in [3.63, 3.8) is 0 Å². The molecule has 0 N–H and O–H groups in total. The summed E-state index contributed by atoms with van der Waals surface area (Å²) in [6, 6.07) is 8.18. The molecule has 1 heterocycles. The normalized spacial score (nSPS) is 11.4. The second-order valence-electron chi connectivity index (χ2n) is 4.61. The quantitative estimate of drug-likeness (QED) is 0.475. The van der Waals surface area contributed by atoms with Crippen LogP contribution in [0.15, 0.2) is 48.2 Å². The fourth-order valence-corrected chi connectivity index (χ4v) is 2.04. The number of nitrogens with zero attached hydrogens (tertiary/aromatic N) is 3. The standard InChI is InChI=1S/C16H20N3O/c1-5-13-6-8-14(9-7-13)12-17-15(20-4)16-18(2)10-11-19(16)3/h5-11H,1,12H2,2-4H3/q+1. The lowest BCUT2D eigenvalue weighted by atomic mass is 10.1. The van der Waals surface area contributed by atoms with Crippen LogP contribution < -0.4 is 4.57 Å². The number of methoxy groups -OCH3 is 1. The van der Waals surface area contributed by atoms with Crippen LogP contribution in [0.2, 0.25) is 0 Å². The van der Waals surface area contributed by atoms with E-state index in [1.807, 2.05) is 53.8 Å². The number of rotatable bonds is 4. The SMILES string of the molecule is C=Cc1ccc(CN=C(OC)c2n(C)cc[n+]2C)cc1. The maximum Gasteiger partial charge on any atom is 0.344 e. The van der Waals surface area contributed by atoms with E-state index in [1.54, 1.807) is 7.11 Å². The number of ether oxygens (including phenoxy) is 1. The van der Waals surface area contributed by atoms with Crippen LogP contribution in [-0.2, 0) is 25.4 Å². The Morgan fingerprint density at radius 3 is 2.60 bits per heavy atom. The molecule has 0 spiro atoms. The number of hydrogen-bond donors (Lipinski definition) is 0. The maximum absolute atomic E-state index is 5.42. The molecule has 4 heteroatoms. The summed E-state index contributed by atoms with van der Waals surface area (Å²) in [4.78, 5) is 4.56. The Bertz CT molecular complexity index is 604. The molecule has 1 aromatic heterocycles. The third-order valence-electron chi connectivity index (χ3n) is 3.19. The van der Waals surface area contributed by atoms with E-state index in [2.05, 4.69) is 23.7 Å². The fourth-order valence-electron chi connectivity index (χ4n) is 2.04. The van der Waals surface area contributed by atoms with Gasteiger partial charge in [-0.05, 0) is 11.1 Å². The Balaban J connectivity index is 2.21. The number of aliphatic imine (C=N–C) groups is 1. The molecule has 0 atom stereocenters. The zero-order valence-electron chi connectivity index (χ0n) is 12.2. The molecule has 104 valence electrons. The van der Waals surface area contributed by atoms with E-state index in [-0.39, 0.29) is 0 Å². The van der Waals surface area contributed by atoms with Crippen molar-refractivity contribution in [2.45, 2.75) is 6.54 Å². The van der Waals surface area contributed by atoms with Gasteiger partial charge in [-0.15, -0.1) is 0 Å². The molecular formula is C16H20N3O+. The zero-order chi connectivity index (χ0) is 14.5. The van der Waals surface area contributed by atoms with Gasteiger partial charge in [0.05, 0.1) is 27.7 Å². The summed E-state index contributed by atoms with van der Waals surface area (Å²) in [6.07, 6.45) is 5.78. The number of aromatic nitrogens is 2. The van der Waals surface area contributed by atoms with Crippen molar-refractivity contribution in [3.8, 4) is 0 Å². The van der Waals surface area contributed by atoms with Gasteiger partial charge in [0.1, 0.15) is 12.4 Å². The minimum absolute atomic E-state index is 0.589. The van der Waals surface area contributed by atoms with Gasteiger partial charge in [-0.1, -0.05) is 36.9 Å². The molecule has 0 radical (unpaired) electrons. The predicted molar refractivity (Wildman–Crippen MR) is 80.4 cm³/mol. The smallest absolute Gasteiger partial charge is 0.344 e. The Morgan fingerprint density at radius 2 is 2.10 bits per heavy atom. The van der Waals surface area contributed by atoms with Crippen LogP contribution in [0.3, 0.4) is 0 Å². The molecule has 0 aliphatic rings. The monoisotopic (exact) mass is 270 g/mol. The van der Waals surface area contributed by atoms with Crippen molar-refractivity contribution in [3.05, 3.63) is 60.2 Å². The van der Waals surface area contributed by atoms with Gasteiger partial charge < -0.3 is 4.74 Å². The van der Waals surface area contributed by atoms with E-state index < -0.39 is 0 Å². The summed E-state index contributed by atoms with van der Waals surface area (Å²) in [5, 5.41) is 0. The lowest BCUT2D eigenvalue weighted by Crippen LogP contribution is -2.35. The first-order valence-corrected chi connectivity index (χ1v) is 6.47. The van der Waals surface area contributed by atoms with E-state index in [4.69, 9.17) is 4.74 Å². The molecule has 0 saturated heterocycles. The van der Waals surface area contributed by atoms with Crippen LogP contribution in [0.4, 0.5) is 0 Å². The average molecular weight is 270 g/mol. The molecule has 20 heavy (non-hydrogen) atoms. The first-order valence-electron chi connectivity index (χ1n) is 6.47. The number of benzene rings is 1. The van der Waals surface area contributed by atoms with Crippen molar-refractivity contribution >= 4 is 12.0 Å². The van der Waals surface area contributed by atoms with Gasteiger partial charge in [-0.3, -0.25) is 0 Å². The van der Waals surface area contributed by atoms with Crippen LogP contribution in [-0.4, -0.2) is 17.6 Å². The molecule has 0 unspecified atom stereocenters. The first kappa shape index (κ1) is 14.1. The molecule has 0 aliphatic carbocycles. The van der Waals surface area contributed by atoms with Gasteiger partial charge in [-0.2, -0.15) is 0 Å². The van der Waals surface area contributed by atoms with E-state index in [0.29, 0.717) is 12.4 Å². The van der Waals surface area contributed by atoms with Gasteiger partial charge in [0, 0.05) is 0 Å². The highest BCUT2D eigenvalue weighted by Crippen LogP contribution is 2.07. The molecule has 0 aliphatic heterocycles. The molecule has 2 aromatic rings. The second kappa shape index (κ2) is 6.19. The van der Waals surface area contributed by atoms with E-state index in [0.717, 1.165) is 17.0 Å². The molecule has 0 fully saturated rings. The first-order chi connectivity index (χ1) is 9.65. The van der Waals surface area contributed by atoms with Crippen molar-refractivity contribution in [2.75, 3.05) is 7.11 Å². The third-order valence-corrected chi connectivity index (χ3v) is 3.19. The van der Waals surface area contributed by atoms with Crippen LogP contribution in [0, 0.1) is 0 Å². The highest BCUT2D eigenvalue weighted by atomic mass is 16.5. The highest BCUT2D eigenvalue weighted by Gasteiger charge is 2.19. The molecule has 0 bridgehead atoms. The summed E-state index contributed by atoms with van der Waals surface area (Å²) >= 11 is 0. The van der Waals surface area contributed by atoms with Crippen LogP contribution in [0.1, 0.15) is 17.0 Å². The average Bonchev–Trinajstić information content (AvgIpc) is 2.81. The fraction of sp³-hybridized carbons (Fsp3) is 0.250.